The van der Waals surface area contributed by atoms with Crippen molar-refractivity contribution >= 4 is 17.4 Å². The molecule has 186 valence electrons. The quantitative estimate of drug-likeness (QED) is 0.299. The number of likely N-dealkylation sites (tertiary alicyclic amines) is 1. The Morgan fingerprint density at radius 1 is 1.03 bits per heavy atom. The van der Waals surface area contributed by atoms with Crippen molar-refractivity contribution < 1.29 is 24.2 Å². The van der Waals surface area contributed by atoms with Crippen LogP contribution in [0, 0.1) is 0 Å². The van der Waals surface area contributed by atoms with E-state index < -0.39 is 17.7 Å². The van der Waals surface area contributed by atoms with Crippen molar-refractivity contribution in [1.29, 1.82) is 0 Å². The zero-order valence-corrected chi connectivity index (χ0v) is 21.1. The first-order valence-corrected chi connectivity index (χ1v) is 11.7. The molecule has 1 saturated heterocycles. The molecule has 0 aliphatic carbocycles. The number of aromatic nitrogens is 1. The van der Waals surface area contributed by atoms with Crippen molar-refractivity contribution in [2.45, 2.75) is 38.8 Å². The second-order valence-corrected chi connectivity index (χ2v) is 9.73. The van der Waals surface area contributed by atoms with Crippen LogP contribution < -0.4 is 9.47 Å². The number of rotatable bonds is 6. The number of carbonyl (C=O) groups is 2. The first kappa shape index (κ1) is 25.0. The van der Waals surface area contributed by atoms with Gasteiger partial charge in [0.25, 0.3) is 11.7 Å². The number of nitrogens with zero attached hydrogens (tertiary/aromatic N) is 2. The van der Waals surface area contributed by atoms with E-state index in [4.69, 9.17) is 9.47 Å². The average molecular weight is 487 g/mol. The van der Waals surface area contributed by atoms with Gasteiger partial charge in [-0.05, 0) is 52.4 Å². The van der Waals surface area contributed by atoms with Gasteiger partial charge in [-0.15, -0.1) is 0 Å². The summed E-state index contributed by atoms with van der Waals surface area (Å²) >= 11 is 0. The lowest BCUT2D eigenvalue weighted by Crippen LogP contribution is -2.29. The Hall–Kier alpha value is -4.13. The van der Waals surface area contributed by atoms with Crippen LogP contribution in [0.1, 0.15) is 49.1 Å². The van der Waals surface area contributed by atoms with E-state index in [2.05, 4.69) is 25.8 Å². The summed E-state index contributed by atoms with van der Waals surface area (Å²) in [5, 5.41) is 11.6. The largest absolute Gasteiger partial charge is 0.507 e. The summed E-state index contributed by atoms with van der Waals surface area (Å²) in [4.78, 5) is 32.4. The van der Waals surface area contributed by atoms with Crippen LogP contribution >= 0.6 is 0 Å². The number of amides is 1. The molecule has 0 spiro atoms. The number of hydrogen-bond acceptors (Lipinski definition) is 6. The normalized spacial score (nSPS) is 17.4. The number of benzene rings is 2. The van der Waals surface area contributed by atoms with Gasteiger partial charge in [-0.2, -0.15) is 0 Å². The molecule has 1 unspecified atom stereocenters. The molecular formula is C29H30N2O5. The number of aliphatic hydroxyl groups is 1. The number of carbonyl (C=O) groups excluding carboxylic acids is 2. The molecule has 1 atom stereocenters. The maximum absolute atomic E-state index is 13.4. The number of aliphatic hydroxyl groups excluding tert-OH is 1. The molecule has 2 aromatic carbocycles. The zero-order valence-electron chi connectivity index (χ0n) is 21.1. The van der Waals surface area contributed by atoms with Crippen molar-refractivity contribution in [1.82, 2.24) is 9.88 Å². The highest BCUT2D eigenvalue weighted by atomic mass is 16.5. The van der Waals surface area contributed by atoms with E-state index in [0.717, 1.165) is 11.1 Å². The van der Waals surface area contributed by atoms with Crippen LogP contribution in [0.3, 0.4) is 0 Å². The Morgan fingerprint density at radius 3 is 2.44 bits per heavy atom. The van der Waals surface area contributed by atoms with Crippen LogP contribution in [0.5, 0.6) is 11.5 Å². The molecule has 2 heterocycles. The lowest BCUT2D eigenvalue weighted by Gasteiger charge is -2.26. The Morgan fingerprint density at radius 2 is 1.81 bits per heavy atom. The van der Waals surface area contributed by atoms with Gasteiger partial charge < -0.3 is 19.5 Å². The summed E-state index contributed by atoms with van der Waals surface area (Å²) in [5.74, 6) is -0.680. The highest BCUT2D eigenvalue weighted by molar-refractivity contribution is 6.46. The summed E-state index contributed by atoms with van der Waals surface area (Å²) in [6.45, 7) is 6.32. The molecule has 0 bridgehead atoms. The summed E-state index contributed by atoms with van der Waals surface area (Å²) < 4.78 is 10.8. The Balaban J connectivity index is 1.90. The fourth-order valence-electron chi connectivity index (χ4n) is 4.40. The molecule has 0 saturated carbocycles. The molecule has 1 N–H and O–H groups in total. The van der Waals surface area contributed by atoms with E-state index >= 15 is 0 Å². The Bertz CT molecular complexity index is 1320. The third-order valence-corrected chi connectivity index (χ3v) is 6.35. The molecule has 7 nitrogen and oxygen atoms in total. The second kappa shape index (κ2) is 9.85. The topological polar surface area (TPSA) is 89.0 Å². The third kappa shape index (κ3) is 4.69. The van der Waals surface area contributed by atoms with Crippen LogP contribution in [0.25, 0.3) is 5.76 Å². The highest BCUT2D eigenvalue weighted by Crippen LogP contribution is 2.42. The Labute approximate surface area is 211 Å². The first-order chi connectivity index (χ1) is 17.2. The number of methoxy groups -OCH3 is 2. The number of ether oxygens (including phenoxy) is 2. The molecular weight excluding hydrogens is 456 g/mol. The predicted octanol–water partition coefficient (Wildman–Crippen LogP) is 5.02. The van der Waals surface area contributed by atoms with Crippen molar-refractivity contribution in [3.8, 4) is 11.5 Å². The minimum absolute atomic E-state index is 0.000236. The minimum atomic E-state index is -0.826. The van der Waals surface area contributed by atoms with Gasteiger partial charge in [0.15, 0.2) is 0 Å². The van der Waals surface area contributed by atoms with Gasteiger partial charge in [-0.3, -0.25) is 14.6 Å². The smallest absolute Gasteiger partial charge is 0.295 e. The molecule has 36 heavy (non-hydrogen) atoms. The molecule has 1 amide bonds. The van der Waals surface area contributed by atoms with Crippen LogP contribution in [-0.2, 0) is 21.5 Å². The monoisotopic (exact) mass is 486 g/mol. The maximum atomic E-state index is 13.4. The maximum Gasteiger partial charge on any atom is 0.295 e. The third-order valence-electron chi connectivity index (χ3n) is 6.35. The SMILES string of the molecule is COc1cccc(CN2C(=O)C(=O)/C(=C(/O)c3cc(C(C)(C)C)ccc3OC)C2c2cccnc2)c1. The van der Waals surface area contributed by atoms with Crippen LogP contribution in [-0.4, -0.2) is 40.9 Å². The van der Waals surface area contributed by atoms with E-state index in [0.29, 0.717) is 22.6 Å². The molecule has 1 fully saturated rings. The number of pyridine rings is 1. The number of Topliss-reactive ketones (excluding diaryl/α,β-unsaturated/α-hetero) is 1. The molecule has 4 rings (SSSR count). The second-order valence-electron chi connectivity index (χ2n) is 9.73. The fourth-order valence-corrected chi connectivity index (χ4v) is 4.40. The van der Waals surface area contributed by atoms with Crippen molar-refractivity contribution in [2.75, 3.05) is 14.2 Å². The summed E-state index contributed by atoms with van der Waals surface area (Å²) in [7, 11) is 3.07. The van der Waals surface area contributed by atoms with Crippen molar-refractivity contribution in [3.05, 3.63) is 94.8 Å². The standard InChI is InChI=1S/C29H30N2O5/c1-29(2,3)20-11-12-23(36-5)22(15-20)26(32)24-25(19-9-7-13-30-16-19)31(28(34)27(24)33)17-18-8-6-10-21(14-18)35-4/h6-16,25,32H,17H2,1-5H3/b26-24+. The molecule has 1 aliphatic rings. The molecule has 3 aromatic rings. The summed E-state index contributed by atoms with van der Waals surface area (Å²) in [6, 6.07) is 15.5. The molecule has 7 heteroatoms. The highest BCUT2D eigenvalue weighted by Gasteiger charge is 2.46. The number of ketones is 1. The minimum Gasteiger partial charge on any atom is -0.507 e. The van der Waals surface area contributed by atoms with Gasteiger partial charge in [0, 0.05) is 18.9 Å². The van der Waals surface area contributed by atoms with Crippen LogP contribution in [0.15, 0.2) is 72.6 Å². The Kier molecular flexibility index (Phi) is 6.84. The lowest BCUT2D eigenvalue weighted by molar-refractivity contribution is -0.140. The molecule has 1 aliphatic heterocycles. The van der Waals surface area contributed by atoms with E-state index in [1.807, 2.05) is 36.4 Å². The zero-order chi connectivity index (χ0) is 26.0. The van der Waals surface area contributed by atoms with Crippen LogP contribution in [0.4, 0.5) is 0 Å². The van der Waals surface area contributed by atoms with Gasteiger partial charge in [-0.25, -0.2) is 0 Å². The summed E-state index contributed by atoms with van der Waals surface area (Å²) in [5.41, 5.74) is 2.51. The van der Waals surface area contributed by atoms with Gasteiger partial charge >= 0.3 is 0 Å². The van der Waals surface area contributed by atoms with Crippen LogP contribution in [0.2, 0.25) is 0 Å². The molecule has 1 aromatic heterocycles. The van der Waals surface area contributed by atoms with Crippen molar-refractivity contribution in [3.63, 3.8) is 0 Å². The van der Waals surface area contributed by atoms with E-state index in [9.17, 15) is 14.7 Å². The van der Waals surface area contributed by atoms with Crippen molar-refractivity contribution in [2.24, 2.45) is 0 Å². The number of hydrogen-bond donors (Lipinski definition) is 1. The predicted molar refractivity (Wildman–Crippen MR) is 137 cm³/mol. The van der Waals surface area contributed by atoms with Gasteiger partial charge in [0.05, 0.1) is 31.4 Å². The average Bonchev–Trinajstić information content (AvgIpc) is 3.12. The van der Waals surface area contributed by atoms with Gasteiger partial charge in [0.1, 0.15) is 17.3 Å². The van der Waals surface area contributed by atoms with E-state index in [1.165, 1.54) is 12.0 Å². The molecule has 0 radical (unpaired) electrons. The summed E-state index contributed by atoms with van der Waals surface area (Å²) in [6.07, 6.45) is 3.22. The van der Waals surface area contributed by atoms with Gasteiger partial charge in [0.2, 0.25) is 0 Å². The fraction of sp³-hybridized carbons (Fsp3) is 0.276. The van der Waals surface area contributed by atoms with E-state index in [-0.39, 0.29) is 23.3 Å². The first-order valence-electron chi connectivity index (χ1n) is 11.7. The van der Waals surface area contributed by atoms with E-state index in [1.54, 1.807) is 37.7 Å². The lowest BCUT2D eigenvalue weighted by atomic mass is 9.85. The van der Waals surface area contributed by atoms with Gasteiger partial charge in [-0.1, -0.05) is 45.0 Å².